The lowest BCUT2D eigenvalue weighted by Crippen LogP contribution is -2.30. The maximum absolute atomic E-state index is 12.2. The molecule has 1 aliphatic carbocycles. The highest BCUT2D eigenvalue weighted by Crippen LogP contribution is 2.19. The Bertz CT molecular complexity index is 721. The summed E-state index contributed by atoms with van der Waals surface area (Å²) in [5.74, 6) is -0.152. The summed E-state index contributed by atoms with van der Waals surface area (Å²) in [6, 6.07) is 14.6. The highest BCUT2D eigenvalue weighted by atomic mass is 16.2. The normalized spacial score (nSPS) is 13.3. The number of nitrogens with one attached hydrogen (secondary N) is 3. The Morgan fingerprint density at radius 1 is 0.957 bits per heavy atom. The highest BCUT2D eigenvalue weighted by molar-refractivity contribution is 6.04. The number of hydrogen-bond acceptors (Lipinski definition) is 2. The lowest BCUT2D eigenvalue weighted by molar-refractivity contribution is 0.102. The molecule has 0 bridgehead atoms. The van der Waals surface area contributed by atoms with Crippen molar-refractivity contribution in [3.63, 3.8) is 0 Å². The summed E-state index contributed by atoms with van der Waals surface area (Å²) in [6.45, 7) is 1.95. The monoisotopic (exact) mass is 309 g/mol. The molecule has 1 fully saturated rings. The molecule has 5 nitrogen and oxygen atoms in total. The van der Waals surface area contributed by atoms with Crippen LogP contribution in [0.25, 0.3) is 0 Å². The number of anilines is 2. The fourth-order valence-corrected chi connectivity index (χ4v) is 2.21. The number of carbonyl (C=O) groups is 2. The predicted molar refractivity (Wildman–Crippen MR) is 90.8 cm³/mol. The van der Waals surface area contributed by atoms with E-state index in [1.165, 1.54) is 0 Å². The molecule has 0 atom stereocenters. The van der Waals surface area contributed by atoms with Crippen molar-refractivity contribution in [2.75, 3.05) is 10.6 Å². The molecule has 1 aliphatic rings. The van der Waals surface area contributed by atoms with Gasteiger partial charge in [-0.25, -0.2) is 4.79 Å². The fraction of sp³-hybridized carbons (Fsp3) is 0.222. The average Bonchev–Trinajstić information content (AvgIpc) is 3.33. The summed E-state index contributed by atoms with van der Waals surface area (Å²) in [5.41, 5.74) is 3.04. The summed E-state index contributed by atoms with van der Waals surface area (Å²) in [5, 5.41) is 8.47. The Labute approximate surface area is 135 Å². The van der Waals surface area contributed by atoms with Gasteiger partial charge >= 0.3 is 6.03 Å². The fourth-order valence-electron chi connectivity index (χ4n) is 2.21. The topological polar surface area (TPSA) is 70.2 Å². The van der Waals surface area contributed by atoms with Gasteiger partial charge in [0.15, 0.2) is 0 Å². The molecular weight excluding hydrogens is 290 g/mol. The minimum Gasteiger partial charge on any atom is -0.335 e. The van der Waals surface area contributed by atoms with Crippen molar-refractivity contribution in [3.05, 3.63) is 59.7 Å². The summed E-state index contributed by atoms with van der Waals surface area (Å²) in [7, 11) is 0. The molecule has 23 heavy (non-hydrogen) atoms. The van der Waals surface area contributed by atoms with Crippen LogP contribution < -0.4 is 16.0 Å². The van der Waals surface area contributed by atoms with E-state index in [9.17, 15) is 9.59 Å². The van der Waals surface area contributed by atoms with Gasteiger partial charge in [0.2, 0.25) is 0 Å². The number of rotatable bonds is 4. The van der Waals surface area contributed by atoms with E-state index in [0.29, 0.717) is 23.0 Å². The molecule has 0 radical (unpaired) electrons. The second-order valence-electron chi connectivity index (χ2n) is 5.77. The van der Waals surface area contributed by atoms with Gasteiger partial charge in [0.1, 0.15) is 0 Å². The standard InChI is InChI=1S/C18H19N3O2/c1-12-3-2-4-13(11-12)17(22)19-14-5-7-15(8-6-14)20-18(23)21-16-9-10-16/h2-8,11,16H,9-10H2,1H3,(H,19,22)(H2,20,21,23). The van der Waals surface area contributed by atoms with E-state index >= 15 is 0 Å². The van der Waals surface area contributed by atoms with Crippen LogP contribution in [0.4, 0.5) is 16.2 Å². The lowest BCUT2D eigenvalue weighted by Gasteiger charge is -2.09. The Hall–Kier alpha value is -2.82. The van der Waals surface area contributed by atoms with Crippen LogP contribution >= 0.6 is 0 Å². The third-order valence-corrected chi connectivity index (χ3v) is 3.59. The molecule has 0 aliphatic heterocycles. The van der Waals surface area contributed by atoms with Gasteiger partial charge in [-0.3, -0.25) is 4.79 Å². The van der Waals surface area contributed by atoms with Gasteiger partial charge in [-0.1, -0.05) is 17.7 Å². The van der Waals surface area contributed by atoms with Crippen molar-refractivity contribution in [3.8, 4) is 0 Å². The van der Waals surface area contributed by atoms with Gasteiger partial charge in [-0.05, 0) is 56.2 Å². The maximum Gasteiger partial charge on any atom is 0.319 e. The molecule has 0 saturated heterocycles. The first-order chi connectivity index (χ1) is 11.1. The van der Waals surface area contributed by atoms with Crippen molar-refractivity contribution in [2.45, 2.75) is 25.8 Å². The van der Waals surface area contributed by atoms with Crippen molar-refractivity contribution < 1.29 is 9.59 Å². The van der Waals surface area contributed by atoms with Crippen LogP contribution in [-0.2, 0) is 0 Å². The third-order valence-electron chi connectivity index (χ3n) is 3.59. The molecule has 5 heteroatoms. The molecule has 2 aromatic carbocycles. The van der Waals surface area contributed by atoms with E-state index in [1.54, 1.807) is 30.3 Å². The van der Waals surface area contributed by atoms with E-state index in [2.05, 4.69) is 16.0 Å². The summed E-state index contributed by atoms with van der Waals surface area (Å²) < 4.78 is 0. The number of carbonyl (C=O) groups excluding carboxylic acids is 2. The average molecular weight is 309 g/mol. The van der Waals surface area contributed by atoms with Crippen molar-refractivity contribution in [1.29, 1.82) is 0 Å². The number of hydrogen-bond donors (Lipinski definition) is 3. The first-order valence-corrected chi connectivity index (χ1v) is 7.66. The second kappa shape index (κ2) is 6.52. The highest BCUT2D eigenvalue weighted by Gasteiger charge is 2.23. The van der Waals surface area contributed by atoms with E-state index in [-0.39, 0.29) is 11.9 Å². The van der Waals surface area contributed by atoms with Crippen LogP contribution in [0.15, 0.2) is 48.5 Å². The van der Waals surface area contributed by atoms with Crippen molar-refractivity contribution in [2.24, 2.45) is 0 Å². The van der Waals surface area contributed by atoms with E-state index in [1.807, 2.05) is 25.1 Å². The van der Waals surface area contributed by atoms with Crippen LogP contribution in [0.3, 0.4) is 0 Å². The zero-order valence-electron chi connectivity index (χ0n) is 12.9. The molecule has 3 rings (SSSR count). The molecule has 1 saturated carbocycles. The molecule has 118 valence electrons. The molecule has 3 amide bonds. The number of amides is 3. The van der Waals surface area contributed by atoms with Crippen LogP contribution in [0.5, 0.6) is 0 Å². The molecular formula is C18H19N3O2. The zero-order chi connectivity index (χ0) is 16.2. The first-order valence-electron chi connectivity index (χ1n) is 7.66. The van der Waals surface area contributed by atoms with Gasteiger partial charge in [0.25, 0.3) is 5.91 Å². The number of benzene rings is 2. The smallest absolute Gasteiger partial charge is 0.319 e. The van der Waals surface area contributed by atoms with Crippen LogP contribution in [-0.4, -0.2) is 18.0 Å². The van der Waals surface area contributed by atoms with E-state index in [4.69, 9.17) is 0 Å². The molecule has 0 heterocycles. The van der Waals surface area contributed by atoms with Gasteiger partial charge in [0, 0.05) is 23.0 Å². The quantitative estimate of drug-likeness (QED) is 0.808. The zero-order valence-corrected chi connectivity index (χ0v) is 12.9. The largest absolute Gasteiger partial charge is 0.335 e. The van der Waals surface area contributed by atoms with Gasteiger partial charge in [-0.15, -0.1) is 0 Å². The van der Waals surface area contributed by atoms with E-state index < -0.39 is 0 Å². The SMILES string of the molecule is Cc1cccc(C(=O)Nc2ccc(NC(=O)NC3CC3)cc2)c1. The number of aryl methyl sites for hydroxylation is 1. The maximum atomic E-state index is 12.2. The molecule has 0 aromatic heterocycles. The third kappa shape index (κ3) is 4.32. The van der Waals surface area contributed by atoms with Gasteiger partial charge in [-0.2, -0.15) is 0 Å². The van der Waals surface area contributed by atoms with Crippen LogP contribution in [0, 0.1) is 6.92 Å². The molecule has 0 spiro atoms. The van der Waals surface area contributed by atoms with Crippen molar-refractivity contribution in [1.82, 2.24) is 5.32 Å². The Morgan fingerprint density at radius 3 is 2.22 bits per heavy atom. The van der Waals surface area contributed by atoms with E-state index in [0.717, 1.165) is 18.4 Å². The lowest BCUT2D eigenvalue weighted by atomic mass is 10.1. The molecule has 3 N–H and O–H groups in total. The Balaban J connectivity index is 1.58. The van der Waals surface area contributed by atoms with Gasteiger partial charge < -0.3 is 16.0 Å². The van der Waals surface area contributed by atoms with Crippen molar-refractivity contribution >= 4 is 23.3 Å². The Morgan fingerprint density at radius 2 is 1.61 bits per heavy atom. The van der Waals surface area contributed by atoms with Gasteiger partial charge in [0.05, 0.1) is 0 Å². The summed E-state index contributed by atoms with van der Waals surface area (Å²) in [4.78, 5) is 23.8. The Kier molecular flexibility index (Phi) is 4.28. The minimum absolute atomic E-state index is 0.152. The van der Waals surface area contributed by atoms with Crippen LogP contribution in [0.1, 0.15) is 28.8 Å². The summed E-state index contributed by atoms with van der Waals surface area (Å²) >= 11 is 0. The first kappa shape index (κ1) is 15.1. The predicted octanol–water partition coefficient (Wildman–Crippen LogP) is 3.53. The number of urea groups is 1. The second-order valence-corrected chi connectivity index (χ2v) is 5.77. The molecule has 0 unspecified atom stereocenters. The molecule has 2 aromatic rings. The summed E-state index contributed by atoms with van der Waals surface area (Å²) in [6.07, 6.45) is 2.11. The van der Waals surface area contributed by atoms with Crippen LogP contribution in [0.2, 0.25) is 0 Å². The minimum atomic E-state index is -0.191.